The SMILES string of the molecule is Cc1ccc(NCC(O)c2cc(F)ccc2F)cc1F. The third-order valence-electron chi connectivity index (χ3n) is 2.99. The van der Waals surface area contributed by atoms with Crippen molar-refractivity contribution < 1.29 is 18.3 Å². The van der Waals surface area contributed by atoms with Crippen LogP contribution < -0.4 is 5.32 Å². The molecular weight excluding hydrogens is 267 g/mol. The molecular formula is C15H14F3NO. The predicted molar refractivity (Wildman–Crippen MR) is 70.9 cm³/mol. The minimum atomic E-state index is -1.23. The summed E-state index contributed by atoms with van der Waals surface area (Å²) in [5, 5.41) is 12.6. The van der Waals surface area contributed by atoms with Gasteiger partial charge in [-0.2, -0.15) is 0 Å². The van der Waals surface area contributed by atoms with Crippen LogP contribution in [0.15, 0.2) is 36.4 Å². The molecule has 5 heteroatoms. The summed E-state index contributed by atoms with van der Waals surface area (Å²) in [7, 11) is 0. The van der Waals surface area contributed by atoms with Crippen molar-refractivity contribution in [1.29, 1.82) is 0 Å². The van der Waals surface area contributed by atoms with Crippen molar-refractivity contribution in [3.8, 4) is 0 Å². The molecule has 2 aromatic rings. The number of hydrogen-bond acceptors (Lipinski definition) is 2. The maximum atomic E-state index is 13.4. The van der Waals surface area contributed by atoms with Gasteiger partial charge in [-0.25, -0.2) is 13.2 Å². The molecule has 2 aromatic carbocycles. The van der Waals surface area contributed by atoms with Gasteiger partial charge in [0.05, 0.1) is 6.10 Å². The number of aliphatic hydroxyl groups excluding tert-OH is 1. The molecule has 1 atom stereocenters. The molecule has 0 aliphatic rings. The van der Waals surface area contributed by atoms with E-state index in [0.29, 0.717) is 11.3 Å². The molecule has 20 heavy (non-hydrogen) atoms. The summed E-state index contributed by atoms with van der Waals surface area (Å²) in [5.41, 5.74) is 0.835. The first-order valence-corrected chi connectivity index (χ1v) is 6.10. The lowest BCUT2D eigenvalue weighted by Crippen LogP contribution is -2.14. The monoisotopic (exact) mass is 281 g/mol. The maximum Gasteiger partial charge on any atom is 0.129 e. The van der Waals surface area contributed by atoms with Crippen molar-refractivity contribution >= 4 is 5.69 Å². The Bertz CT molecular complexity index is 616. The van der Waals surface area contributed by atoms with Crippen molar-refractivity contribution in [2.24, 2.45) is 0 Å². The van der Waals surface area contributed by atoms with E-state index in [9.17, 15) is 18.3 Å². The molecule has 0 fully saturated rings. The van der Waals surface area contributed by atoms with Gasteiger partial charge in [-0.05, 0) is 42.8 Å². The molecule has 0 spiro atoms. The lowest BCUT2D eigenvalue weighted by Gasteiger charge is -2.14. The fraction of sp³-hybridized carbons (Fsp3) is 0.200. The average molecular weight is 281 g/mol. The van der Waals surface area contributed by atoms with E-state index in [2.05, 4.69) is 5.32 Å². The minimum Gasteiger partial charge on any atom is -0.386 e. The third kappa shape index (κ3) is 3.30. The van der Waals surface area contributed by atoms with Crippen LogP contribution in [-0.2, 0) is 0 Å². The van der Waals surface area contributed by atoms with Gasteiger partial charge in [-0.3, -0.25) is 0 Å². The summed E-state index contributed by atoms with van der Waals surface area (Å²) in [4.78, 5) is 0. The van der Waals surface area contributed by atoms with Gasteiger partial charge in [0, 0.05) is 17.8 Å². The van der Waals surface area contributed by atoms with Gasteiger partial charge in [-0.1, -0.05) is 6.07 Å². The first-order valence-electron chi connectivity index (χ1n) is 6.10. The molecule has 0 saturated carbocycles. The number of halogens is 3. The first-order chi connectivity index (χ1) is 9.47. The number of benzene rings is 2. The molecule has 0 radical (unpaired) electrons. The quantitative estimate of drug-likeness (QED) is 0.898. The number of nitrogens with one attached hydrogen (secondary N) is 1. The zero-order valence-electron chi connectivity index (χ0n) is 10.8. The molecule has 0 heterocycles. The van der Waals surface area contributed by atoms with Gasteiger partial charge in [0.1, 0.15) is 17.5 Å². The van der Waals surface area contributed by atoms with Crippen molar-refractivity contribution in [3.63, 3.8) is 0 Å². The number of rotatable bonds is 4. The fourth-order valence-corrected chi connectivity index (χ4v) is 1.80. The Hall–Kier alpha value is -2.01. The van der Waals surface area contributed by atoms with Crippen LogP contribution in [0.4, 0.5) is 18.9 Å². The lowest BCUT2D eigenvalue weighted by molar-refractivity contribution is 0.186. The van der Waals surface area contributed by atoms with Gasteiger partial charge >= 0.3 is 0 Å². The van der Waals surface area contributed by atoms with E-state index in [0.717, 1.165) is 18.2 Å². The van der Waals surface area contributed by atoms with Crippen LogP contribution in [0.2, 0.25) is 0 Å². The Labute approximate surface area is 114 Å². The van der Waals surface area contributed by atoms with E-state index >= 15 is 0 Å². The average Bonchev–Trinajstić information content (AvgIpc) is 2.42. The maximum absolute atomic E-state index is 13.4. The summed E-state index contributed by atoms with van der Waals surface area (Å²) in [5.74, 6) is -1.68. The Kier molecular flexibility index (Phi) is 4.29. The molecule has 0 aliphatic carbocycles. The Balaban J connectivity index is 2.06. The van der Waals surface area contributed by atoms with Gasteiger partial charge in [0.2, 0.25) is 0 Å². The number of anilines is 1. The minimum absolute atomic E-state index is 0.0527. The number of aliphatic hydroxyl groups is 1. The van der Waals surface area contributed by atoms with Gasteiger partial charge in [-0.15, -0.1) is 0 Å². The van der Waals surface area contributed by atoms with Gasteiger partial charge < -0.3 is 10.4 Å². The molecule has 0 bridgehead atoms. The van der Waals surface area contributed by atoms with E-state index in [1.807, 2.05) is 0 Å². The van der Waals surface area contributed by atoms with E-state index in [-0.39, 0.29) is 17.9 Å². The van der Waals surface area contributed by atoms with Crippen molar-refractivity contribution in [2.75, 3.05) is 11.9 Å². The highest BCUT2D eigenvalue weighted by molar-refractivity contribution is 5.45. The molecule has 2 rings (SSSR count). The molecule has 0 saturated heterocycles. The summed E-state index contributed by atoms with van der Waals surface area (Å²) < 4.78 is 39.8. The Morgan fingerprint density at radius 2 is 1.80 bits per heavy atom. The molecule has 2 N–H and O–H groups in total. The lowest BCUT2D eigenvalue weighted by atomic mass is 10.1. The summed E-state index contributed by atoms with van der Waals surface area (Å²) in [6.07, 6.45) is -1.23. The van der Waals surface area contributed by atoms with Crippen LogP contribution in [0.3, 0.4) is 0 Å². The summed E-state index contributed by atoms with van der Waals surface area (Å²) >= 11 is 0. The van der Waals surface area contributed by atoms with E-state index < -0.39 is 17.7 Å². The Morgan fingerprint density at radius 3 is 2.50 bits per heavy atom. The second kappa shape index (κ2) is 5.96. The molecule has 106 valence electrons. The molecule has 0 aliphatic heterocycles. The highest BCUT2D eigenvalue weighted by Crippen LogP contribution is 2.20. The van der Waals surface area contributed by atoms with Crippen molar-refractivity contribution in [1.82, 2.24) is 0 Å². The van der Waals surface area contributed by atoms with E-state index in [4.69, 9.17) is 0 Å². The van der Waals surface area contributed by atoms with Crippen LogP contribution in [0.25, 0.3) is 0 Å². The molecule has 2 nitrogen and oxygen atoms in total. The third-order valence-corrected chi connectivity index (χ3v) is 2.99. The van der Waals surface area contributed by atoms with E-state index in [1.165, 1.54) is 6.07 Å². The second-order valence-corrected chi connectivity index (χ2v) is 4.53. The summed E-state index contributed by atoms with van der Waals surface area (Å²) in [6.45, 7) is 1.58. The van der Waals surface area contributed by atoms with Crippen LogP contribution in [-0.4, -0.2) is 11.7 Å². The van der Waals surface area contributed by atoms with Crippen LogP contribution in [0.1, 0.15) is 17.2 Å². The molecule has 0 amide bonds. The Morgan fingerprint density at radius 1 is 1.05 bits per heavy atom. The van der Waals surface area contributed by atoms with Gasteiger partial charge in [0.15, 0.2) is 0 Å². The highest BCUT2D eigenvalue weighted by atomic mass is 19.1. The standard InChI is InChI=1S/C15H14F3NO/c1-9-2-4-11(7-14(9)18)19-8-15(20)12-6-10(16)3-5-13(12)17/h2-7,15,19-20H,8H2,1H3. The zero-order chi connectivity index (χ0) is 14.7. The smallest absolute Gasteiger partial charge is 0.129 e. The highest BCUT2D eigenvalue weighted by Gasteiger charge is 2.13. The molecule has 1 unspecified atom stereocenters. The number of hydrogen-bond donors (Lipinski definition) is 2. The van der Waals surface area contributed by atoms with Crippen LogP contribution in [0.5, 0.6) is 0 Å². The van der Waals surface area contributed by atoms with E-state index in [1.54, 1.807) is 19.1 Å². The second-order valence-electron chi connectivity index (χ2n) is 4.53. The normalized spacial score (nSPS) is 12.2. The fourth-order valence-electron chi connectivity index (χ4n) is 1.80. The van der Waals surface area contributed by atoms with Crippen LogP contribution in [0, 0.1) is 24.4 Å². The summed E-state index contributed by atoms with van der Waals surface area (Å²) in [6, 6.07) is 7.40. The van der Waals surface area contributed by atoms with Crippen molar-refractivity contribution in [3.05, 3.63) is 65.0 Å². The zero-order valence-corrected chi connectivity index (χ0v) is 10.8. The van der Waals surface area contributed by atoms with Gasteiger partial charge in [0.25, 0.3) is 0 Å². The van der Waals surface area contributed by atoms with Crippen LogP contribution >= 0.6 is 0 Å². The largest absolute Gasteiger partial charge is 0.386 e. The molecule has 0 aromatic heterocycles. The predicted octanol–water partition coefficient (Wildman–Crippen LogP) is 3.56. The van der Waals surface area contributed by atoms with Crippen molar-refractivity contribution in [2.45, 2.75) is 13.0 Å². The number of aryl methyl sites for hydroxylation is 1. The first kappa shape index (κ1) is 14.4. The topological polar surface area (TPSA) is 32.3 Å².